The summed E-state index contributed by atoms with van der Waals surface area (Å²) in [7, 11) is 0. The Labute approximate surface area is 227 Å². The predicted octanol–water partition coefficient (Wildman–Crippen LogP) is 6.03. The lowest BCUT2D eigenvalue weighted by atomic mass is 10.1. The fourth-order valence-corrected chi connectivity index (χ4v) is 4.92. The third-order valence-electron chi connectivity index (χ3n) is 6.65. The summed E-state index contributed by atoms with van der Waals surface area (Å²) in [6.07, 6.45) is 2.09. The zero-order chi connectivity index (χ0) is 26.5. The SMILES string of the molecule is CCCCn1c(-c2ccccc2)nc(Cl)c1CN(Cc1ccc(C(N)=O)cc1)Cc1ccc2c(c1)OCO2. The molecular formula is C30H31ClN4O3. The van der Waals surface area contributed by atoms with Gasteiger partial charge in [0.25, 0.3) is 0 Å². The van der Waals surface area contributed by atoms with Crippen LogP contribution in [0.15, 0.2) is 72.8 Å². The van der Waals surface area contributed by atoms with E-state index in [9.17, 15) is 4.79 Å². The third-order valence-corrected chi connectivity index (χ3v) is 6.95. The first-order valence-electron chi connectivity index (χ1n) is 12.8. The smallest absolute Gasteiger partial charge is 0.248 e. The summed E-state index contributed by atoms with van der Waals surface area (Å²) in [5, 5.41) is 0.514. The maximum Gasteiger partial charge on any atom is 0.248 e. The topological polar surface area (TPSA) is 82.6 Å². The lowest BCUT2D eigenvalue weighted by molar-refractivity contribution is 0.1000. The van der Waals surface area contributed by atoms with Crippen molar-refractivity contribution in [2.24, 2.45) is 5.73 Å². The Balaban J connectivity index is 1.48. The fourth-order valence-electron chi connectivity index (χ4n) is 4.68. The van der Waals surface area contributed by atoms with E-state index in [0.29, 0.717) is 30.4 Å². The van der Waals surface area contributed by atoms with Gasteiger partial charge in [-0.25, -0.2) is 4.98 Å². The second kappa shape index (κ2) is 11.7. The Morgan fingerprint density at radius 1 is 0.974 bits per heavy atom. The highest BCUT2D eigenvalue weighted by molar-refractivity contribution is 6.30. The number of ether oxygens (including phenoxy) is 2. The molecule has 5 rings (SSSR count). The van der Waals surface area contributed by atoms with E-state index >= 15 is 0 Å². The van der Waals surface area contributed by atoms with Gasteiger partial charge in [-0.3, -0.25) is 9.69 Å². The van der Waals surface area contributed by atoms with E-state index in [2.05, 4.69) is 34.6 Å². The second-order valence-electron chi connectivity index (χ2n) is 9.44. The minimum Gasteiger partial charge on any atom is -0.454 e. The van der Waals surface area contributed by atoms with E-state index in [0.717, 1.165) is 59.1 Å². The number of nitrogens with zero attached hydrogens (tertiary/aromatic N) is 3. The molecule has 0 saturated heterocycles. The maximum atomic E-state index is 11.6. The fraction of sp³-hybridized carbons (Fsp3) is 0.267. The van der Waals surface area contributed by atoms with Crippen LogP contribution in [0.4, 0.5) is 0 Å². The predicted molar refractivity (Wildman–Crippen MR) is 148 cm³/mol. The number of aromatic nitrogens is 2. The van der Waals surface area contributed by atoms with Gasteiger partial charge in [0.2, 0.25) is 12.7 Å². The molecule has 0 aliphatic carbocycles. The molecule has 1 aromatic heterocycles. The van der Waals surface area contributed by atoms with Crippen LogP contribution in [0.1, 0.15) is 46.9 Å². The monoisotopic (exact) mass is 530 g/mol. The van der Waals surface area contributed by atoms with Gasteiger partial charge in [-0.15, -0.1) is 0 Å². The highest BCUT2D eigenvalue weighted by Crippen LogP contribution is 2.34. The van der Waals surface area contributed by atoms with Crippen LogP contribution < -0.4 is 15.2 Å². The quantitative estimate of drug-likeness (QED) is 0.256. The van der Waals surface area contributed by atoms with Crippen LogP contribution in [0.3, 0.4) is 0 Å². The highest BCUT2D eigenvalue weighted by atomic mass is 35.5. The number of benzene rings is 3. The van der Waals surface area contributed by atoms with Gasteiger partial charge in [-0.05, 0) is 41.8 Å². The molecule has 2 heterocycles. The van der Waals surface area contributed by atoms with Crippen LogP contribution >= 0.6 is 11.6 Å². The summed E-state index contributed by atoms with van der Waals surface area (Å²) < 4.78 is 13.4. The second-order valence-corrected chi connectivity index (χ2v) is 9.80. The normalized spacial score (nSPS) is 12.3. The number of unbranched alkanes of at least 4 members (excludes halogenated alkanes) is 1. The van der Waals surface area contributed by atoms with E-state index in [1.54, 1.807) is 12.1 Å². The Kier molecular flexibility index (Phi) is 7.96. The lowest BCUT2D eigenvalue weighted by Crippen LogP contribution is -2.24. The van der Waals surface area contributed by atoms with Crippen molar-refractivity contribution in [2.45, 2.75) is 45.9 Å². The molecule has 196 valence electrons. The molecule has 0 bridgehead atoms. The molecule has 0 saturated carbocycles. The molecule has 1 aliphatic rings. The van der Waals surface area contributed by atoms with Gasteiger partial charge >= 0.3 is 0 Å². The summed E-state index contributed by atoms with van der Waals surface area (Å²) in [5.74, 6) is 1.96. The average Bonchev–Trinajstić information content (AvgIpc) is 3.52. The zero-order valence-corrected chi connectivity index (χ0v) is 22.2. The Hall–Kier alpha value is -3.81. The van der Waals surface area contributed by atoms with Gasteiger partial charge in [-0.1, -0.05) is 73.5 Å². The molecule has 0 atom stereocenters. The summed E-state index contributed by atoms with van der Waals surface area (Å²) in [5.41, 5.74) is 10.1. The van der Waals surface area contributed by atoms with Gasteiger partial charge < -0.3 is 19.8 Å². The first-order valence-corrected chi connectivity index (χ1v) is 13.2. The largest absolute Gasteiger partial charge is 0.454 e. The summed E-state index contributed by atoms with van der Waals surface area (Å²) in [6.45, 7) is 5.15. The number of carbonyl (C=O) groups excluding carboxylic acids is 1. The Morgan fingerprint density at radius 3 is 2.42 bits per heavy atom. The minimum absolute atomic E-state index is 0.239. The molecule has 1 aliphatic heterocycles. The van der Waals surface area contributed by atoms with Crippen molar-refractivity contribution in [3.05, 3.63) is 100 Å². The van der Waals surface area contributed by atoms with Crippen LogP contribution in [0, 0.1) is 0 Å². The van der Waals surface area contributed by atoms with Crippen molar-refractivity contribution in [3.63, 3.8) is 0 Å². The molecule has 7 nitrogen and oxygen atoms in total. The van der Waals surface area contributed by atoms with Gasteiger partial charge in [0.05, 0.1) is 5.69 Å². The first kappa shape index (κ1) is 25.8. The van der Waals surface area contributed by atoms with Crippen molar-refractivity contribution in [1.29, 1.82) is 0 Å². The lowest BCUT2D eigenvalue weighted by Gasteiger charge is -2.24. The Bertz CT molecular complexity index is 1400. The number of rotatable bonds is 11. The van der Waals surface area contributed by atoms with E-state index in [1.165, 1.54) is 0 Å². The van der Waals surface area contributed by atoms with Crippen molar-refractivity contribution < 1.29 is 14.3 Å². The van der Waals surface area contributed by atoms with Crippen molar-refractivity contribution in [3.8, 4) is 22.9 Å². The first-order chi connectivity index (χ1) is 18.5. The number of nitrogens with two attached hydrogens (primary N) is 1. The van der Waals surface area contributed by atoms with Gasteiger partial charge in [0, 0.05) is 37.3 Å². The van der Waals surface area contributed by atoms with Crippen LogP contribution in [0.5, 0.6) is 11.5 Å². The number of fused-ring (bicyclic) bond motifs is 1. The van der Waals surface area contributed by atoms with Crippen LogP contribution in [-0.4, -0.2) is 27.2 Å². The number of imidazole rings is 1. The van der Waals surface area contributed by atoms with Gasteiger partial charge in [0.1, 0.15) is 5.82 Å². The Morgan fingerprint density at radius 2 is 1.68 bits per heavy atom. The molecular weight excluding hydrogens is 500 g/mol. The number of amides is 1. The summed E-state index contributed by atoms with van der Waals surface area (Å²) in [4.78, 5) is 18.7. The molecule has 1 amide bonds. The van der Waals surface area contributed by atoms with E-state index < -0.39 is 5.91 Å². The molecule has 3 aromatic carbocycles. The molecule has 38 heavy (non-hydrogen) atoms. The van der Waals surface area contributed by atoms with Crippen molar-refractivity contribution in [1.82, 2.24) is 14.5 Å². The molecule has 8 heteroatoms. The average molecular weight is 531 g/mol. The molecule has 4 aromatic rings. The standard InChI is InChI=1S/C30H31ClN4O3/c1-2-3-15-35-25(28(31)33-30(35)24-7-5-4-6-8-24)19-34(17-21-9-12-23(13-10-21)29(32)36)18-22-11-14-26-27(16-22)38-20-37-26/h4-14,16H,2-3,15,17-20H2,1H3,(H2,32,36). The summed E-state index contributed by atoms with van der Waals surface area (Å²) >= 11 is 6.81. The summed E-state index contributed by atoms with van der Waals surface area (Å²) in [6, 6.07) is 23.6. The molecule has 2 N–H and O–H groups in total. The van der Waals surface area contributed by atoms with Crippen molar-refractivity contribution in [2.75, 3.05) is 6.79 Å². The number of halogens is 1. The van der Waals surface area contributed by atoms with Crippen molar-refractivity contribution >= 4 is 17.5 Å². The molecule has 0 unspecified atom stereocenters. The number of hydrogen-bond acceptors (Lipinski definition) is 5. The van der Waals surface area contributed by atoms with Gasteiger partial charge in [0.15, 0.2) is 16.7 Å². The molecule has 0 radical (unpaired) electrons. The highest BCUT2D eigenvalue weighted by Gasteiger charge is 2.21. The van der Waals surface area contributed by atoms with E-state index in [1.807, 2.05) is 42.5 Å². The third kappa shape index (κ3) is 5.85. The zero-order valence-electron chi connectivity index (χ0n) is 21.4. The van der Waals surface area contributed by atoms with Crippen LogP contribution in [0.2, 0.25) is 5.15 Å². The van der Waals surface area contributed by atoms with E-state index in [4.69, 9.17) is 31.8 Å². The van der Waals surface area contributed by atoms with Gasteiger partial charge in [-0.2, -0.15) is 0 Å². The number of hydrogen-bond donors (Lipinski definition) is 1. The minimum atomic E-state index is -0.436. The number of primary amides is 1. The molecule has 0 spiro atoms. The maximum absolute atomic E-state index is 11.6. The number of carbonyl (C=O) groups is 1. The van der Waals surface area contributed by atoms with Crippen LogP contribution in [-0.2, 0) is 26.2 Å². The van der Waals surface area contributed by atoms with Crippen LogP contribution in [0.25, 0.3) is 11.4 Å². The molecule has 0 fully saturated rings. The van der Waals surface area contributed by atoms with E-state index in [-0.39, 0.29) is 6.79 Å².